The molecular formula is C27H23FN4O6. The van der Waals surface area contributed by atoms with Gasteiger partial charge in [0.2, 0.25) is 5.76 Å². The number of nitrogens with one attached hydrogen (secondary N) is 3. The number of aromatic hydroxyl groups is 1. The number of hydrogen-bond donors (Lipinski definition) is 4. The third kappa shape index (κ3) is 5.62. The maximum Gasteiger partial charge on any atom is 0.311 e. The molecule has 0 aliphatic rings. The van der Waals surface area contributed by atoms with Crippen LogP contribution in [0.4, 0.5) is 15.8 Å². The number of nitrogens with zero attached hydrogens (tertiary/aromatic N) is 1. The van der Waals surface area contributed by atoms with Crippen LogP contribution in [0, 0.1) is 22.9 Å². The molecule has 194 valence electrons. The van der Waals surface area contributed by atoms with Gasteiger partial charge in [0.05, 0.1) is 11.2 Å². The molecule has 1 unspecified atom stereocenters. The van der Waals surface area contributed by atoms with Crippen LogP contribution in [0.2, 0.25) is 0 Å². The van der Waals surface area contributed by atoms with Crippen LogP contribution in [0.5, 0.6) is 5.75 Å². The zero-order valence-electron chi connectivity index (χ0n) is 20.3. The van der Waals surface area contributed by atoms with Gasteiger partial charge in [-0.1, -0.05) is 24.3 Å². The first-order chi connectivity index (χ1) is 18.1. The average Bonchev–Trinajstić information content (AvgIpc) is 3.39. The Morgan fingerprint density at radius 1 is 1.00 bits per heavy atom. The summed E-state index contributed by atoms with van der Waals surface area (Å²) in [7, 11) is 0. The van der Waals surface area contributed by atoms with Crippen LogP contribution in [-0.4, -0.2) is 21.8 Å². The molecule has 1 atom stereocenters. The molecule has 0 spiro atoms. The largest absolute Gasteiger partial charge is 0.502 e. The number of phenolic OH excluding ortho intramolecular Hbond substituents is 1. The lowest BCUT2D eigenvalue weighted by Crippen LogP contribution is -2.41. The van der Waals surface area contributed by atoms with Crippen LogP contribution < -0.4 is 16.2 Å². The number of carbonyl (C=O) groups is 2. The van der Waals surface area contributed by atoms with E-state index < -0.39 is 28.2 Å². The predicted molar refractivity (Wildman–Crippen MR) is 137 cm³/mol. The second-order valence-corrected chi connectivity index (χ2v) is 8.48. The van der Waals surface area contributed by atoms with E-state index in [-0.39, 0.29) is 23.2 Å². The minimum Gasteiger partial charge on any atom is -0.502 e. The molecule has 4 aromatic rings. The van der Waals surface area contributed by atoms with Crippen LogP contribution in [-0.2, 0) is 0 Å². The zero-order valence-corrected chi connectivity index (χ0v) is 20.3. The maximum absolute atomic E-state index is 13.9. The first kappa shape index (κ1) is 25.9. The third-order valence-electron chi connectivity index (χ3n) is 5.87. The molecule has 0 aliphatic heterocycles. The summed E-state index contributed by atoms with van der Waals surface area (Å²) in [5, 5.41) is 23.8. The van der Waals surface area contributed by atoms with Crippen molar-refractivity contribution in [3.05, 3.63) is 111 Å². The highest BCUT2D eigenvalue weighted by Crippen LogP contribution is 2.28. The monoisotopic (exact) mass is 518 g/mol. The Balaban J connectivity index is 1.41. The quantitative estimate of drug-likeness (QED) is 0.193. The molecule has 11 heteroatoms. The van der Waals surface area contributed by atoms with Crippen LogP contribution in [0.3, 0.4) is 0 Å². The van der Waals surface area contributed by atoms with Crippen molar-refractivity contribution in [2.45, 2.75) is 19.9 Å². The predicted octanol–water partition coefficient (Wildman–Crippen LogP) is 5.26. The number of hydrazine groups is 1. The first-order valence-electron chi connectivity index (χ1n) is 11.4. The van der Waals surface area contributed by atoms with Crippen molar-refractivity contribution >= 4 is 23.2 Å². The van der Waals surface area contributed by atoms with Crippen LogP contribution >= 0.6 is 0 Å². The summed E-state index contributed by atoms with van der Waals surface area (Å²) in [4.78, 5) is 35.1. The van der Waals surface area contributed by atoms with Crippen LogP contribution in [0.25, 0.3) is 11.1 Å². The van der Waals surface area contributed by atoms with Crippen LogP contribution in [0.1, 0.15) is 45.0 Å². The normalized spacial score (nSPS) is 11.4. The van der Waals surface area contributed by atoms with E-state index in [1.807, 2.05) is 25.1 Å². The van der Waals surface area contributed by atoms with Gasteiger partial charge < -0.3 is 14.8 Å². The van der Waals surface area contributed by atoms with Crippen molar-refractivity contribution in [3.8, 4) is 16.9 Å². The molecule has 0 fully saturated rings. The molecule has 0 bridgehead atoms. The lowest BCUT2D eigenvalue weighted by molar-refractivity contribution is -0.385. The Labute approximate surface area is 216 Å². The first-order valence-corrected chi connectivity index (χ1v) is 11.4. The number of aryl methyl sites for hydroxylation is 1. The molecule has 0 saturated heterocycles. The summed E-state index contributed by atoms with van der Waals surface area (Å²) in [6, 6.07) is 16.8. The van der Waals surface area contributed by atoms with Gasteiger partial charge in [-0.25, -0.2) is 4.39 Å². The van der Waals surface area contributed by atoms with E-state index in [9.17, 15) is 29.2 Å². The van der Waals surface area contributed by atoms with Crippen molar-refractivity contribution in [2.75, 3.05) is 5.32 Å². The summed E-state index contributed by atoms with van der Waals surface area (Å²) in [5.74, 6) is -2.49. The number of phenols is 1. The summed E-state index contributed by atoms with van der Waals surface area (Å²) >= 11 is 0. The molecule has 2 amide bonds. The standard InChI is InChI=1S/C27H23FN4O6/c1-15-3-4-18(13-22(15)28)16(2)29-20-8-5-17(6-9-20)21-11-12-38-25(21)27(35)31-30-26(34)19-7-10-24(33)23(14-19)32(36)37/h3-14,16,29,33H,1-2H3,(H,30,34)(H,31,35). The molecule has 1 aromatic heterocycles. The van der Waals surface area contributed by atoms with Gasteiger partial charge >= 0.3 is 11.6 Å². The van der Waals surface area contributed by atoms with E-state index in [1.165, 1.54) is 18.4 Å². The van der Waals surface area contributed by atoms with E-state index >= 15 is 0 Å². The molecular weight excluding hydrogens is 495 g/mol. The minimum absolute atomic E-state index is 0.0637. The molecule has 4 rings (SSSR count). The summed E-state index contributed by atoms with van der Waals surface area (Å²) in [5.41, 5.74) is 6.90. The molecule has 0 aliphatic carbocycles. The van der Waals surface area contributed by atoms with E-state index in [4.69, 9.17) is 4.42 Å². The Morgan fingerprint density at radius 2 is 1.71 bits per heavy atom. The van der Waals surface area contributed by atoms with E-state index in [0.29, 0.717) is 16.7 Å². The minimum atomic E-state index is -0.830. The number of hydrogen-bond acceptors (Lipinski definition) is 7. The van der Waals surface area contributed by atoms with Crippen molar-refractivity contribution in [1.29, 1.82) is 0 Å². The third-order valence-corrected chi connectivity index (χ3v) is 5.87. The fraction of sp³-hybridized carbons (Fsp3) is 0.111. The number of furan rings is 1. The van der Waals surface area contributed by atoms with E-state index in [0.717, 1.165) is 23.4 Å². The van der Waals surface area contributed by atoms with Crippen molar-refractivity contribution < 1.29 is 28.4 Å². The number of amides is 2. The van der Waals surface area contributed by atoms with Crippen molar-refractivity contribution in [3.63, 3.8) is 0 Å². The molecule has 38 heavy (non-hydrogen) atoms. The second kappa shape index (κ2) is 10.8. The van der Waals surface area contributed by atoms with Gasteiger partial charge in [0.1, 0.15) is 5.82 Å². The smallest absolute Gasteiger partial charge is 0.311 e. The van der Waals surface area contributed by atoms with Gasteiger partial charge in [0.25, 0.3) is 5.91 Å². The summed E-state index contributed by atoms with van der Waals surface area (Å²) in [6.07, 6.45) is 1.33. The fourth-order valence-corrected chi connectivity index (χ4v) is 3.72. The van der Waals surface area contributed by atoms with Crippen molar-refractivity contribution in [2.24, 2.45) is 0 Å². The highest BCUT2D eigenvalue weighted by molar-refractivity contribution is 6.01. The number of carbonyl (C=O) groups excluding carboxylic acids is 2. The molecule has 1 heterocycles. The Kier molecular flexibility index (Phi) is 7.38. The Morgan fingerprint density at radius 3 is 2.39 bits per heavy atom. The van der Waals surface area contributed by atoms with Gasteiger partial charge in [-0.2, -0.15) is 0 Å². The van der Waals surface area contributed by atoms with Gasteiger partial charge in [-0.3, -0.25) is 30.6 Å². The highest BCUT2D eigenvalue weighted by atomic mass is 19.1. The number of nitro groups is 1. The molecule has 4 N–H and O–H groups in total. The number of nitro benzene ring substituents is 1. The summed E-state index contributed by atoms with van der Waals surface area (Å²) < 4.78 is 19.2. The number of rotatable bonds is 7. The van der Waals surface area contributed by atoms with E-state index in [2.05, 4.69) is 16.2 Å². The van der Waals surface area contributed by atoms with Gasteiger partial charge in [-0.05, 0) is 66.9 Å². The fourth-order valence-electron chi connectivity index (χ4n) is 3.72. The highest BCUT2D eigenvalue weighted by Gasteiger charge is 2.20. The molecule has 0 saturated carbocycles. The molecule has 3 aromatic carbocycles. The lowest BCUT2D eigenvalue weighted by atomic mass is 10.0. The topological polar surface area (TPSA) is 147 Å². The average molecular weight is 519 g/mol. The van der Waals surface area contributed by atoms with Gasteiger partial charge in [0.15, 0.2) is 5.75 Å². The number of benzene rings is 3. The number of anilines is 1. The number of halogens is 1. The lowest BCUT2D eigenvalue weighted by Gasteiger charge is -2.16. The van der Waals surface area contributed by atoms with Crippen molar-refractivity contribution in [1.82, 2.24) is 10.9 Å². The van der Waals surface area contributed by atoms with Crippen LogP contribution in [0.15, 0.2) is 77.4 Å². The van der Waals surface area contributed by atoms with E-state index in [1.54, 1.807) is 31.2 Å². The second-order valence-electron chi connectivity index (χ2n) is 8.48. The maximum atomic E-state index is 13.9. The summed E-state index contributed by atoms with van der Waals surface area (Å²) in [6.45, 7) is 3.62. The SMILES string of the molecule is Cc1ccc(C(C)Nc2ccc(-c3ccoc3C(=O)NNC(=O)c3ccc(O)c([N+](=O)[O-])c3)cc2)cc1F. The molecule has 0 radical (unpaired) electrons. The van der Waals surface area contributed by atoms with Gasteiger partial charge in [0, 0.05) is 28.9 Å². The van der Waals surface area contributed by atoms with Gasteiger partial charge in [-0.15, -0.1) is 0 Å². The molecule has 10 nitrogen and oxygen atoms in total. The zero-order chi connectivity index (χ0) is 27.4. The Hall–Kier alpha value is -5.19. The Bertz CT molecular complexity index is 1520.